The van der Waals surface area contributed by atoms with Crippen molar-refractivity contribution in [1.82, 2.24) is 0 Å². The normalized spacial score (nSPS) is 21.9. The molecule has 1 aromatic carbocycles. The van der Waals surface area contributed by atoms with Gasteiger partial charge in [-0.2, -0.15) is 0 Å². The fourth-order valence-electron chi connectivity index (χ4n) is 1.67. The lowest BCUT2D eigenvalue weighted by Crippen LogP contribution is -2.29. The number of rotatable bonds is 2. The van der Waals surface area contributed by atoms with Gasteiger partial charge in [0.1, 0.15) is 0 Å². The van der Waals surface area contributed by atoms with E-state index in [0.29, 0.717) is 6.04 Å². The first-order valence-electron chi connectivity index (χ1n) is 4.94. The van der Waals surface area contributed by atoms with Crippen molar-refractivity contribution >= 4 is 17.3 Å². The van der Waals surface area contributed by atoms with Crippen LogP contribution in [-0.4, -0.2) is 19.3 Å². The van der Waals surface area contributed by atoms with Gasteiger partial charge in [0.15, 0.2) is 0 Å². The van der Waals surface area contributed by atoms with Crippen LogP contribution in [0.15, 0.2) is 24.3 Å². The second-order valence-corrected chi connectivity index (χ2v) is 4.01. The van der Waals surface area contributed by atoms with Crippen molar-refractivity contribution < 1.29 is 4.74 Å². The lowest BCUT2D eigenvalue weighted by atomic mass is 10.1. The van der Waals surface area contributed by atoms with Gasteiger partial charge in [-0.1, -0.05) is 17.7 Å². The third-order valence-corrected chi connectivity index (χ3v) is 2.59. The van der Waals surface area contributed by atoms with Crippen LogP contribution >= 0.6 is 11.6 Å². The molecule has 0 spiro atoms. The number of nitrogens with one attached hydrogen (secondary N) is 1. The molecule has 1 aliphatic heterocycles. The molecule has 76 valence electrons. The molecule has 1 unspecified atom stereocenters. The van der Waals surface area contributed by atoms with Crippen LogP contribution in [-0.2, 0) is 4.74 Å². The van der Waals surface area contributed by atoms with E-state index in [0.717, 1.165) is 30.3 Å². The van der Waals surface area contributed by atoms with E-state index in [4.69, 9.17) is 16.3 Å². The molecular formula is C11H14ClNO. The first-order chi connectivity index (χ1) is 6.84. The molecule has 0 aromatic heterocycles. The second-order valence-electron chi connectivity index (χ2n) is 3.57. The maximum Gasteiger partial charge on any atom is 0.0667 e. The summed E-state index contributed by atoms with van der Waals surface area (Å²) in [5.41, 5.74) is 1.08. The van der Waals surface area contributed by atoms with E-state index in [2.05, 4.69) is 5.32 Å². The highest BCUT2D eigenvalue weighted by molar-refractivity contribution is 6.30. The van der Waals surface area contributed by atoms with Crippen molar-refractivity contribution in [2.24, 2.45) is 0 Å². The third-order valence-electron chi connectivity index (χ3n) is 2.36. The van der Waals surface area contributed by atoms with Gasteiger partial charge in [-0.05, 0) is 31.0 Å². The van der Waals surface area contributed by atoms with Crippen LogP contribution in [0.2, 0.25) is 5.02 Å². The van der Waals surface area contributed by atoms with Crippen LogP contribution in [0.3, 0.4) is 0 Å². The minimum Gasteiger partial charge on any atom is -0.380 e. The molecule has 1 heterocycles. The monoisotopic (exact) mass is 211 g/mol. The summed E-state index contributed by atoms with van der Waals surface area (Å²) in [7, 11) is 0. The van der Waals surface area contributed by atoms with E-state index in [1.54, 1.807) is 0 Å². The SMILES string of the molecule is Clc1cccc(NC2CCCOC2)c1. The predicted molar refractivity (Wildman–Crippen MR) is 58.9 cm³/mol. The number of ether oxygens (including phenoxy) is 1. The predicted octanol–water partition coefficient (Wildman–Crippen LogP) is 2.93. The van der Waals surface area contributed by atoms with Crippen molar-refractivity contribution in [3.63, 3.8) is 0 Å². The van der Waals surface area contributed by atoms with Crippen molar-refractivity contribution in [3.8, 4) is 0 Å². The van der Waals surface area contributed by atoms with Gasteiger partial charge in [0, 0.05) is 23.4 Å². The van der Waals surface area contributed by atoms with Gasteiger partial charge in [0.25, 0.3) is 0 Å². The summed E-state index contributed by atoms with van der Waals surface area (Å²) in [6.45, 7) is 1.69. The van der Waals surface area contributed by atoms with E-state index in [1.165, 1.54) is 6.42 Å². The van der Waals surface area contributed by atoms with Gasteiger partial charge in [-0.15, -0.1) is 0 Å². The summed E-state index contributed by atoms with van der Waals surface area (Å²) < 4.78 is 5.39. The topological polar surface area (TPSA) is 21.3 Å². The molecule has 1 fully saturated rings. The zero-order valence-corrected chi connectivity index (χ0v) is 8.76. The van der Waals surface area contributed by atoms with Gasteiger partial charge < -0.3 is 10.1 Å². The van der Waals surface area contributed by atoms with E-state index in [-0.39, 0.29) is 0 Å². The van der Waals surface area contributed by atoms with Crippen LogP contribution in [0.5, 0.6) is 0 Å². The zero-order chi connectivity index (χ0) is 9.80. The van der Waals surface area contributed by atoms with E-state index >= 15 is 0 Å². The Bertz CT molecular complexity index is 297. The van der Waals surface area contributed by atoms with Crippen LogP contribution in [0.4, 0.5) is 5.69 Å². The Balaban J connectivity index is 1.95. The third kappa shape index (κ3) is 2.63. The molecule has 0 radical (unpaired) electrons. The Morgan fingerprint density at radius 2 is 2.36 bits per heavy atom. The Kier molecular flexibility index (Phi) is 3.27. The molecular weight excluding hydrogens is 198 g/mol. The zero-order valence-electron chi connectivity index (χ0n) is 8.00. The van der Waals surface area contributed by atoms with Crippen LogP contribution < -0.4 is 5.32 Å². The Labute approximate surface area is 89.2 Å². The molecule has 14 heavy (non-hydrogen) atoms. The molecule has 1 N–H and O–H groups in total. The molecule has 3 heteroatoms. The van der Waals surface area contributed by atoms with Crippen molar-refractivity contribution in [2.75, 3.05) is 18.5 Å². The van der Waals surface area contributed by atoms with Gasteiger partial charge >= 0.3 is 0 Å². The standard InChI is InChI=1S/C11H14ClNO/c12-9-3-1-4-10(7-9)13-11-5-2-6-14-8-11/h1,3-4,7,11,13H,2,5-6,8H2. The van der Waals surface area contributed by atoms with Gasteiger partial charge in [0.2, 0.25) is 0 Å². The summed E-state index contributed by atoms with van der Waals surface area (Å²) >= 11 is 5.89. The number of benzene rings is 1. The second kappa shape index (κ2) is 4.67. The molecule has 1 atom stereocenters. The molecule has 0 bridgehead atoms. The van der Waals surface area contributed by atoms with E-state index in [1.807, 2.05) is 24.3 Å². The lowest BCUT2D eigenvalue weighted by Gasteiger charge is -2.24. The number of halogens is 1. The minimum absolute atomic E-state index is 0.433. The Morgan fingerprint density at radius 3 is 3.07 bits per heavy atom. The highest BCUT2D eigenvalue weighted by atomic mass is 35.5. The fraction of sp³-hybridized carbons (Fsp3) is 0.455. The molecule has 0 aliphatic carbocycles. The van der Waals surface area contributed by atoms with Crippen molar-refractivity contribution in [3.05, 3.63) is 29.3 Å². The Hall–Kier alpha value is -0.730. The average molecular weight is 212 g/mol. The molecule has 1 aromatic rings. The first kappa shape index (κ1) is 9.81. The molecule has 0 amide bonds. The first-order valence-corrected chi connectivity index (χ1v) is 5.32. The lowest BCUT2D eigenvalue weighted by molar-refractivity contribution is 0.0876. The summed E-state index contributed by atoms with van der Waals surface area (Å²) in [6, 6.07) is 8.23. The van der Waals surface area contributed by atoms with Gasteiger partial charge in [-0.3, -0.25) is 0 Å². The highest BCUT2D eigenvalue weighted by Crippen LogP contribution is 2.18. The maximum absolute atomic E-state index is 5.89. The van der Waals surface area contributed by atoms with E-state index in [9.17, 15) is 0 Å². The number of hydrogen-bond donors (Lipinski definition) is 1. The average Bonchev–Trinajstić information content (AvgIpc) is 2.19. The Morgan fingerprint density at radius 1 is 1.43 bits per heavy atom. The smallest absolute Gasteiger partial charge is 0.0667 e. The summed E-state index contributed by atoms with van der Waals surface area (Å²) in [4.78, 5) is 0. The van der Waals surface area contributed by atoms with Crippen LogP contribution in [0.25, 0.3) is 0 Å². The van der Waals surface area contributed by atoms with Gasteiger partial charge in [-0.25, -0.2) is 0 Å². The molecule has 0 saturated carbocycles. The molecule has 2 rings (SSSR count). The highest BCUT2D eigenvalue weighted by Gasteiger charge is 2.12. The molecule has 1 aliphatic rings. The van der Waals surface area contributed by atoms with Crippen LogP contribution in [0, 0.1) is 0 Å². The number of anilines is 1. The molecule has 2 nitrogen and oxygen atoms in total. The van der Waals surface area contributed by atoms with E-state index < -0.39 is 0 Å². The fourth-order valence-corrected chi connectivity index (χ4v) is 1.86. The summed E-state index contributed by atoms with van der Waals surface area (Å²) in [6.07, 6.45) is 2.31. The number of hydrogen-bond acceptors (Lipinski definition) is 2. The maximum atomic E-state index is 5.89. The summed E-state index contributed by atoms with van der Waals surface area (Å²) in [5.74, 6) is 0. The quantitative estimate of drug-likeness (QED) is 0.812. The van der Waals surface area contributed by atoms with Gasteiger partial charge in [0.05, 0.1) is 6.61 Å². The molecule has 1 saturated heterocycles. The minimum atomic E-state index is 0.433. The van der Waals surface area contributed by atoms with Crippen molar-refractivity contribution in [1.29, 1.82) is 0 Å². The summed E-state index contributed by atoms with van der Waals surface area (Å²) in [5, 5.41) is 4.18. The largest absolute Gasteiger partial charge is 0.380 e. The van der Waals surface area contributed by atoms with Crippen LogP contribution in [0.1, 0.15) is 12.8 Å². The van der Waals surface area contributed by atoms with Crippen molar-refractivity contribution in [2.45, 2.75) is 18.9 Å².